The van der Waals surface area contributed by atoms with Gasteiger partial charge in [-0.25, -0.2) is 0 Å². The van der Waals surface area contributed by atoms with Crippen molar-refractivity contribution in [2.75, 3.05) is 47.5 Å². The van der Waals surface area contributed by atoms with Crippen LogP contribution in [0.2, 0.25) is 0 Å². The summed E-state index contributed by atoms with van der Waals surface area (Å²) in [7, 11) is 1.17. The Bertz CT molecular complexity index is 718. The van der Waals surface area contributed by atoms with Crippen molar-refractivity contribution in [1.82, 2.24) is 0 Å². The van der Waals surface area contributed by atoms with Crippen molar-refractivity contribution in [3.8, 4) is 0 Å². The summed E-state index contributed by atoms with van der Waals surface area (Å²) in [6.07, 6.45) is 20.0. The van der Waals surface area contributed by atoms with Crippen LogP contribution in [0.25, 0.3) is 0 Å². The van der Waals surface area contributed by atoms with Crippen LogP contribution in [0, 0.1) is 0 Å². The number of esters is 2. The van der Waals surface area contributed by atoms with Gasteiger partial charge in [-0.15, -0.1) is 0 Å². The Hall–Kier alpha value is -1.07. The SMILES string of the molecule is CCCCCCCCCCCC(=O)OC[C@H](COP(=O)([O-])OCC[N+](C)(C)C)OC(=O)CCCCCCCCCCC.O.O. The average molecular weight is 658 g/mol. The predicted octanol–water partition coefficient (Wildman–Crippen LogP) is 5.84. The molecule has 0 aliphatic rings. The molecule has 0 bridgehead atoms. The Morgan fingerprint density at radius 1 is 0.636 bits per heavy atom. The Morgan fingerprint density at radius 3 is 1.48 bits per heavy atom. The van der Waals surface area contributed by atoms with E-state index >= 15 is 0 Å². The molecule has 0 aliphatic heterocycles. The van der Waals surface area contributed by atoms with Crippen molar-refractivity contribution in [2.24, 2.45) is 0 Å². The quantitative estimate of drug-likeness (QED) is 0.0401. The first-order valence-corrected chi connectivity index (χ1v) is 18.2. The molecule has 4 N–H and O–H groups in total. The van der Waals surface area contributed by atoms with Gasteiger partial charge in [-0.1, -0.05) is 117 Å². The van der Waals surface area contributed by atoms with Gasteiger partial charge in [0.15, 0.2) is 6.10 Å². The first-order valence-electron chi connectivity index (χ1n) is 16.7. The van der Waals surface area contributed by atoms with Crippen LogP contribution in [0.1, 0.15) is 142 Å². The molecular weight excluding hydrogens is 589 g/mol. The Labute approximate surface area is 268 Å². The number of hydrogen-bond acceptors (Lipinski definition) is 8. The summed E-state index contributed by atoms with van der Waals surface area (Å²) in [4.78, 5) is 37.0. The van der Waals surface area contributed by atoms with Gasteiger partial charge in [0.2, 0.25) is 0 Å². The van der Waals surface area contributed by atoms with Crippen molar-refractivity contribution in [3.63, 3.8) is 0 Å². The summed E-state index contributed by atoms with van der Waals surface area (Å²) in [5, 5.41) is 0. The fourth-order valence-corrected chi connectivity index (χ4v) is 5.15. The van der Waals surface area contributed by atoms with Crippen molar-refractivity contribution >= 4 is 19.8 Å². The standard InChI is InChI=1S/C32H64NO8P.2H2O/c1-6-8-10-12-14-16-18-20-22-24-31(34)38-28-30(29-40-42(36,37)39-27-26-33(3,4)5)41-32(35)25-23-21-19-17-15-13-11-9-7-2;;/h30H,6-29H2,1-5H3;2*1H2/t30-;;/m1../s1. The third-order valence-corrected chi connectivity index (χ3v) is 8.09. The molecule has 0 aromatic rings. The van der Waals surface area contributed by atoms with Crippen LogP contribution in [0.15, 0.2) is 0 Å². The first kappa shape index (κ1) is 47.3. The predicted molar refractivity (Wildman–Crippen MR) is 174 cm³/mol. The number of likely N-dealkylation sites (N-methyl/N-ethyl adjacent to an activating group) is 1. The highest BCUT2D eigenvalue weighted by atomic mass is 31.2. The van der Waals surface area contributed by atoms with E-state index in [0.717, 1.165) is 38.5 Å². The molecule has 2 atom stereocenters. The van der Waals surface area contributed by atoms with Gasteiger partial charge in [0.05, 0.1) is 27.7 Å². The highest BCUT2D eigenvalue weighted by Gasteiger charge is 2.21. The van der Waals surface area contributed by atoms with Crippen LogP contribution in [0.3, 0.4) is 0 Å². The second-order valence-electron chi connectivity index (χ2n) is 12.5. The topological polar surface area (TPSA) is 174 Å². The summed E-state index contributed by atoms with van der Waals surface area (Å²) in [6.45, 7) is 4.16. The first-order chi connectivity index (χ1) is 20.0. The van der Waals surface area contributed by atoms with E-state index in [2.05, 4.69) is 13.8 Å². The van der Waals surface area contributed by atoms with Gasteiger partial charge in [0, 0.05) is 12.8 Å². The maximum Gasteiger partial charge on any atom is 0.306 e. The number of phosphoric ester groups is 1. The zero-order valence-corrected chi connectivity index (χ0v) is 29.6. The lowest BCUT2D eigenvalue weighted by Crippen LogP contribution is -2.37. The number of ether oxygens (including phenoxy) is 2. The largest absolute Gasteiger partial charge is 0.756 e. The van der Waals surface area contributed by atoms with E-state index in [1.165, 1.54) is 70.6 Å². The van der Waals surface area contributed by atoms with E-state index in [1.54, 1.807) is 0 Å². The van der Waals surface area contributed by atoms with Gasteiger partial charge in [0.25, 0.3) is 7.82 Å². The normalized spacial score (nSPS) is 13.3. The lowest BCUT2D eigenvalue weighted by Gasteiger charge is -2.28. The summed E-state index contributed by atoms with van der Waals surface area (Å²) >= 11 is 0. The van der Waals surface area contributed by atoms with Gasteiger partial charge in [-0.3, -0.25) is 14.2 Å². The number of rotatable bonds is 30. The summed E-state index contributed by atoms with van der Waals surface area (Å²) in [5.74, 6) is -0.837. The molecule has 0 fully saturated rings. The smallest absolute Gasteiger partial charge is 0.306 e. The molecule has 44 heavy (non-hydrogen) atoms. The van der Waals surface area contributed by atoms with Crippen LogP contribution >= 0.6 is 7.82 Å². The van der Waals surface area contributed by atoms with Crippen LogP contribution in [-0.4, -0.2) is 81.0 Å². The number of carbonyl (C=O) groups excluding carboxylic acids is 2. The third kappa shape index (κ3) is 33.8. The molecule has 12 heteroatoms. The Balaban J connectivity index is -0.00000840. The van der Waals surface area contributed by atoms with Crippen LogP contribution < -0.4 is 4.89 Å². The molecule has 0 aromatic carbocycles. The van der Waals surface area contributed by atoms with Gasteiger partial charge in [0.1, 0.15) is 19.8 Å². The minimum Gasteiger partial charge on any atom is -0.756 e. The minimum atomic E-state index is -4.60. The second-order valence-corrected chi connectivity index (χ2v) is 14.0. The molecule has 0 rings (SSSR count). The molecular formula is C32H68NO10P. The molecule has 11 nitrogen and oxygen atoms in total. The number of phosphoric acid groups is 1. The molecule has 0 aromatic heterocycles. The van der Waals surface area contributed by atoms with E-state index in [9.17, 15) is 19.0 Å². The van der Waals surface area contributed by atoms with E-state index in [-0.39, 0.29) is 43.0 Å². The zero-order chi connectivity index (χ0) is 31.5. The molecule has 0 saturated carbocycles. The van der Waals surface area contributed by atoms with Crippen molar-refractivity contribution in [3.05, 3.63) is 0 Å². The Morgan fingerprint density at radius 2 is 1.05 bits per heavy atom. The molecule has 0 heterocycles. The van der Waals surface area contributed by atoms with Crippen molar-refractivity contribution < 1.29 is 53.0 Å². The average Bonchev–Trinajstić information content (AvgIpc) is 2.92. The van der Waals surface area contributed by atoms with Crippen molar-refractivity contribution in [2.45, 2.75) is 148 Å². The summed E-state index contributed by atoms with van der Waals surface area (Å²) in [6, 6.07) is 0. The molecule has 0 spiro atoms. The number of unbranched alkanes of at least 4 members (excludes halogenated alkanes) is 16. The third-order valence-electron chi connectivity index (χ3n) is 7.13. The lowest BCUT2D eigenvalue weighted by atomic mass is 10.1. The van der Waals surface area contributed by atoms with E-state index < -0.39 is 26.5 Å². The molecule has 1 unspecified atom stereocenters. The number of carbonyl (C=O) groups is 2. The fraction of sp³-hybridized carbons (Fsp3) is 0.938. The molecule has 266 valence electrons. The highest BCUT2D eigenvalue weighted by molar-refractivity contribution is 7.45. The maximum atomic E-state index is 12.5. The van der Waals surface area contributed by atoms with Crippen LogP contribution in [0.4, 0.5) is 0 Å². The van der Waals surface area contributed by atoms with Gasteiger partial charge < -0.3 is 38.9 Å². The minimum absolute atomic E-state index is 0. The van der Waals surface area contributed by atoms with Crippen LogP contribution in [0.5, 0.6) is 0 Å². The summed E-state index contributed by atoms with van der Waals surface area (Å²) in [5.41, 5.74) is 0. The van der Waals surface area contributed by atoms with Gasteiger partial charge in [-0.2, -0.15) is 0 Å². The van der Waals surface area contributed by atoms with E-state index in [1.807, 2.05) is 21.1 Å². The highest BCUT2D eigenvalue weighted by Crippen LogP contribution is 2.38. The molecule has 0 amide bonds. The van der Waals surface area contributed by atoms with E-state index in [0.29, 0.717) is 17.4 Å². The number of hydrogen-bond donors (Lipinski definition) is 0. The monoisotopic (exact) mass is 657 g/mol. The number of quaternary nitrogens is 1. The van der Waals surface area contributed by atoms with Crippen LogP contribution in [-0.2, 0) is 32.7 Å². The molecule has 0 radical (unpaired) electrons. The summed E-state index contributed by atoms with van der Waals surface area (Å²) < 4.78 is 33.5. The van der Waals surface area contributed by atoms with E-state index in [4.69, 9.17) is 18.5 Å². The maximum absolute atomic E-state index is 12.5. The lowest BCUT2D eigenvalue weighted by molar-refractivity contribution is -0.870. The van der Waals surface area contributed by atoms with Gasteiger partial charge in [-0.05, 0) is 12.8 Å². The number of nitrogens with zero attached hydrogens (tertiary/aromatic N) is 1. The second kappa shape index (κ2) is 30.6. The molecule has 0 aliphatic carbocycles. The van der Waals surface area contributed by atoms with Gasteiger partial charge >= 0.3 is 11.9 Å². The van der Waals surface area contributed by atoms with Crippen molar-refractivity contribution in [1.29, 1.82) is 0 Å². The Kier molecular flexibility index (Phi) is 32.9. The fourth-order valence-electron chi connectivity index (χ4n) is 4.42. The zero-order valence-electron chi connectivity index (χ0n) is 28.7. The molecule has 0 saturated heterocycles.